The van der Waals surface area contributed by atoms with Crippen LogP contribution >= 0.6 is 0 Å². The Kier molecular flexibility index (Phi) is 3.30. The van der Waals surface area contributed by atoms with Gasteiger partial charge in [0, 0.05) is 22.8 Å². The van der Waals surface area contributed by atoms with Gasteiger partial charge in [-0.05, 0) is 26.7 Å². The Morgan fingerprint density at radius 2 is 2.25 bits per heavy atom. The first-order valence-corrected chi connectivity index (χ1v) is 6.05. The minimum absolute atomic E-state index is 0.0663. The maximum Gasteiger partial charge on any atom is 0.0613 e. The highest BCUT2D eigenvalue weighted by molar-refractivity contribution is 5.19. The normalized spacial score (nSPS) is 21.2. The van der Waals surface area contributed by atoms with E-state index in [1.807, 2.05) is 13.1 Å². The number of aliphatic hydroxyl groups excluding tert-OH is 1. The molecule has 2 rings (SSSR count). The number of nitrogens with zero attached hydrogens (tertiary/aromatic N) is 1. The highest BCUT2D eigenvalue weighted by Crippen LogP contribution is 2.32. The van der Waals surface area contributed by atoms with Gasteiger partial charge in [-0.2, -0.15) is 5.10 Å². The lowest BCUT2D eigenvalue weighted by atomic mass is 9.96. The van der Waals surface area contributed by atoms with Crippen LogP contribution in [0.25, 0.3) is 0 Å². The average molecular weight is 223 g/mol. The van der Waals surface area contributed by atoms with E-state index >= 15 is 0 Å². The molecular weight excluding hydrogens is 202 g/mol. The van der Waals surface area contributed by atoms with E-state index < -0.39 is 0 Å². The minimum atomic E-state index is -0.0663. The van der Waals surface area contributed by atoms with Crippen LogP contribution in [0.4, 0.5) is 0 Å². The molecule has 3 N–H and O–H groups in total. The van der Waals surface area contributed by atoms with E-state index in [0.717, 1.165) is 18.5 Å². The van der Waals surface area contributed by atoms with Gasteiger partial charge in [0.05, 0.1) is 12.8 Å². The summed E-state index contributed by atoms with van der Waals surface area (Å²) in [5, 5.41) is 20.1. The molecule has 0 spiro atoms. The number of hydrogen-bond acceptors (Lipinski definition) is 3. The van der Waals surface area contributed by atoms with Crippen LogP contribution in [-0.2, 0) is 0 Å². The maximum absolute atomic E-state index is 9.55. The molecule has 0 radical (unpaired) electrons. The highest BCUT2D eigenvalue weighted by atomic mass is 16.3. The van der Waals surface area contributed by atoms with Crippen molar-refractivity contribution >= 4 is 0 Å². The summed E-state index contributed by atoms with van der Waals surface area (Å²) in [4.78, 5) is 0. The van der Waals surface area contributed by atoms with Crippen LogP contribution in [0.3, 0.4) is 0 Å². The molecule has 0 amide bonds. The van der Waals surface area contributed by atoms with Gasteiger partial charge >= 0.3 is 0 Å². The molecule has 0 aliphatic heterocycles. The standard InChI is InChI=1S/C12H21N3O/c1-9(11-7-13-15-10(11)2)14-12(8-16)5-3-4-6-12/h7,9,14,16H,3-6,8H2,1-2H3,(H,13,15). The van der Waals surface area contributed by atoms with Crippen LogP contribution in [0.2, 0.25) is 0 Å². The topological polar surface area (TPSA) is 60.9 Å². The minimum Gasteiger partial charge on any atom is -0.394 e. The number of aromatic nitrogens is 2. The molecule has 0 bridgehead atoms. The summed E-state index contributed by atoms with van der Waals surface area (Å²) in [6.07, 6.45) is 6.44. The summed E-state index contributed by atoms with van der Waals surface area (Å²) < 4.78 is 0. The van der Waals surface area contributed by atoms with Gasteiger partial charge in [-0.15, -0.1) is 0 Å². The maximum atomic E-state index is 9.55. The van der Waals surface area contributed by atoms with Crippen molar-refractivity contribution in [3.05, 3.63) is 17.5 Å². The quantitative estimate of drug-likeness (QED) is 0.727. The highest BCUT2D eigenvalue weighted by Gasteiger charge is 2.34. The molecule has 1 fully saturated rings. The molecule has 4 nitrogen and oxygen atoms in total. The second-order valence-corrected chi connectivity index (χ2v) is 4.96. The second-order valence-electron chi connectivity index (χ2n) is 4.96. The van der Waals surface area contributed by atoms with Crippen LogP contribution in [0.1, 0.15) is 49.9 Å². The van der Waals surface area contributed by atoms with Crippen molar-refractivity contribution in [3.8, 4) is 0 Å². The van der Waals surface area contributed by atoms with Crippen LogP contribution in [-0.4, -0.2) is 27.4 Å². The van der Waals surface area contributed by atoms with Crippen LogP contribution in [0, 0.1) is 6.92 Å². The number of rotatable bonds is 4. The van der Waals surface area contributed by atoms with Crippen molar-refractivity contribution in [2.24, 2.45) is 0 Å². The van der Waals surface area contributed by atoms with Crippen molar-refractivity contribution in [2.75, 3.05) is 6.61 Å². The molecule has 1 aliphatic rings. The van der Waals surface area contributed by atoms with E-state index in [-0.39, 0.29) is 18.2 Å². The average Bonchev–Trinajstić information content (AvgIpc) is 2.87. The van der Waals surface area contributed by atoms with Gasteiger partial charge < -0.3 is 10.4 Å². The molecule has 4 heteroatoms. The predicted molar refractivity (Wildman–Crippen MR) is 63.2 cm³/mol. The molecule has 1 saturated carbocycles. The Hall–Kier alpha value is -0.870. The zero-order valence-electron chi connectivity index (χ0n) is 10.1. The Balaban J connectivity index is 2.06. The van der Waals surface area contributed by atoms with E-state index in [1.165, 1.54) is 18.4 Å². The molecule has 1 aromatic heterocycles. The van der Waals surface area contributed by atoms with Crippen molar-refractivity contribution in [1.29, 1.82) is 0 Å². The first-order chi connectivity index (χ1) is 7.67. The molecule has 16 heavy (non-hydrogen) atoms. The van der Waals surface area contributed by atoms with Gasteiger partial charge in [-0.3, -0.25) is 5.10 Å². The van der Waals surface area contributed by atoms with Crippen molar-refractivity contribution < 1.29 is 5.11 Å². The van der Waals surface area contributed by atoms with E-state index in [4.69, 9.17) is 0 Å². The predicted octanol–water partition coefficient (Wildman–Crippen LogP) is 1.67. The molecule has 0 saturated heterocycles. The third-order valence-electron chi connectivity index (χ3n) is 3.72. The van der Waals surface area contributed by atoms with E-state index in [0.29, 0.717) is 0 Å². The summed E-state index contributed by atoms with van der Waals surface area (Å²) >= 11 is 0. The van der Waals surface area contributed by atoms with E-state index in [2.05, 4.69) is 22.4 Å². The van der Waals surface area contributed by atoms with Gasteiger partial charge in [0.1, 0.15) is 0 Å². The fourth-order valence-corrected chi connectivity index (χ4v) is 2.73. The monoisotopic (exact) mass is 223 g/mol. The summed E-state index contributed by atoms with van der Waals surface area (Å²) in [7, 11) is 0. The number of hydrogen-bond donors (Lipinski definition) is 3. The molecular formula is C12H21N3O. The largest absolute Gasteiger partial charge is 0.394 e. The molecule has 90 valence electrons. The molecule has 1 aromatic rings. The SMILES string of the molecule is Cc1[nH]ncc1C(C)NC1(CO)CCCC1. The molecule has 1 heterocycles. The van der Waals surface area contributed by atoms with Crippen LogP contribution < -0.4 is 5.32 Å². The fourth-order valence-electron chi connectivity index (χ4n) is 2.73. The Morgan fingerprint density at radius 1 is 1.56 bits per heavy atom. The summed E-state index contributed by atoms with van der Waals surface area (Å²) in [6.45, 7) is 4.39. The molecule has 1 unspecified atom stereocenters. The first-order valence-electron chi connectivity index (χ1n) is 6.05. The first kappa shape index (κ1) is 11.6. The fraction of sp³-hybridized carbons (Fsp3) is 0.750. The lowest BCUT2D eigenvalue weighted by Gasteiger charge is -2.31. The number of aliphatic hydroxyl groups is 1. The number of H-pyrrole nitrogens is 1. The van der Waals surface area contributed by atoms with Gasteiger partial charge in [-0.25, -0.2) is 0 Å². The van der Waals surface area contributed by atoms with Gasteiger partial charge in [0.2, 0.25) is 0 Å². The van der Waals surface area contributed by atoms with Crippen molar-refractivity contribution in [1.82, 2.24) is 15.5 Å². The Morgan fingerprint density at radius 3 is 2.75 bits per heavy atom. The zero-order chi connectivity index (χ0) is 11.6. The van der Waals surface area contributed by atoms with Gasteiger partial charge in [0.15, 0.2) is 0 Å². The Bertz CT molecular complexity index is 342. The molecule has 1 atom stereocenters. The summed E-state index contributed by atoms with van der Waals surface area (Å²) in [6, 6.07) is 0.240. The second kappa shape index (κ2) is 4.55. The van der Waals surface area contributed by atoms with Crippen LogP contribution in [0.15, 0.2) is 6.20 Å². The number of aryl methyl sites for hydroxylation is 1. The number of aromatic amines is 1. The third kappa shape index (κ3) is 2.13. The summed E-state index contributed by atoms with van der Waals surface area (Å²) in [5.74, 6) is 0. The van der Waals surface area contributed by atoms with E-state index in [9.17, 15) is 5.11 Å². The van der Waals surface area contributed by atoms with E-state index in [1.54, 1.807) is 0 Å². The Labute approximate surface area is 96.5 Å². The van der Waals surface area contributed by atoms with Crippen molar-refractivity contribution in [3.63, 3.8) is 0 Å². The van der Waals surface area contributed by atoms with Gasteiger partial charge in [0.25, 0.3) is 0 Å². The molecule has 0 aromatic carbocycles. The smallest absolute Gasteiger partial charge is 0.0613 e. The lowest BCUT2D eigenvalue weighted by molar-refractivity contribution is 0.153. The third-order valence-corrected chi connectivity index (χ3v) is 3.72. The number of nitrogens with one attached hydrogen (secondary N) is 2. The summed E-state index contributed by atoms with van der Waals surface area (Å²) in [5.41, 5.74) is 2.23. The van der Waals surface area contributed by atoms with Gasteiger partial charge in [-0.1, -0.05) is 12.8 Å². The van der Waals surface area contributed by atoms with Crippen molar-refractivity contribution in [2.45, 2.75) is 51.1 Å². The molecule has 1 aliphatic carbocycles. The van der Waals surface area contributed by atoms with Crippen LogP contribution in [0.5, 0.6) is 0 Å². The zero-order valence-corrected chi connectivity index (χ0v) is 10.1. The lowest BCUT2D eigenvalue weighted by Crippen LogP contribution is -2.47.